The molecule has 0 saturated carbocycles. The van der Waals surface area contributed by atoms with Crippen LogP contribution in [0.4, 0.5) is 0 Å². The summed E-state index contributed by atoms with van der Waals surface area (Å²) >= 11 is 1.28. The van der Waals surface area contributed by atoms with E-state index in [1.807, 2.05) is 20.8 Å². The lowest BCUT2D eigenvalue weighted by molar-refractivity contribution is -0.129. The van der Waals surface area contributed by atoms with Crippen molar-refractivity contribution in [3.05, 3.63) is 0 Å². The van der Waals surface area contributed by atoms with Gasteiger partial charge >= 0.3 is 0 Å². The average Bonchev–Trinajstić information content (AvgIpc) is 2.61. The molecule has 0 bridgehead atoms. The van der Waals surface area contributed by atoms with Gasteiger partial charge < -0.3 is 14.0 Å². The van der Waals surface area contributed by atoms with Crippen LogP contribution < -0.4 is 0 Å². The normalized spacial score (nSPS) is 14.0. The fourth-order valence-electron chi connectivity index (χ4n) is 3.18. The molecule has 0 amide bonds. The van der Waals surface area contributed by atoms with Gasteiger partial charge in [0.15, 0.2) is 19.9 Å². The van der Waals surface area contributed by atoms with Crippen LogP contribution in [-0.4, -0.2) is 70.5 Å². The van der Waals surface area contributed by atoms with Crippen molar-refractivity contribution in [1.82, 2.24) is 9.34 Å². The van der Waals surface area contributed by atoms with Gasteiger partial charge in [-0.1, -0.05) is 25.6 Å². The summed E-state index contributed by atoms with van der Waals surface area (Å²) in [4.78, 5) is 11.9. The van der Waals surface area contributed by atoms with E-state index in [-0.39, 0.29) is 11.0 Å². The maximum absolute atomic E-state index is 11.9. The van der Waals surface area contributed by atoms with Crippen molar-refractivity contribution >= 4 is 25.3 Å². The molecule has 0 saturated heterocycles. The highest BCUT2D eigenvalue weighted by Gasteiger charge is 2.34. The third-order valence-corrected chi connectivity index (χ3v) is 8.54. The van der Waals surface area contributed by atoms with Gasteiger partial charge in [-0.3, -0.25) is 4.79 Å². The first kappa shape index (κ1) is 30.2. The van der Waals surface area contributed by atoms with Crippen LogP contribution in [-0.2, 0) is 18.8 Å². The lowest BCUT2D eigenvalue weighted by Gasteiger charge is -2.45. The largest absolute Gasteiger partial charge is 0.352 e. The van der Waals surface area contributed by atoms with Crippen LogP contribution >= 0.6 is 20.2 Å². The Kier molecular flexibility index (Phi) is 16.1. The molecular weight excluding hydrogens is 419 g/mol. The monoisotopic (exact) mass is 466 g/mol. The summed E-state index contributed by atoms with van der Waals surface area (Å²) in [5, 5.41) is 0.164. The Bertz CT molecular complexity index is 428. The number of carbonyl (C=O) groups excluding carboxylic acids is 1. The van der Waals surface area contributed by atoms with Gasteiger partial charge in [-0.05, 0) is 62.3 Å². The molecule has 0 radical (unpaired) electrons. The molecule has 180 valence electrons. The third-order valence-electron chi connectivity index (χ3n) is 4.29. The number of hydrogen-bond acceptors (Lipinski definition) is 7. The minimum atomic E-state index is -0.924. The van der Waals surface area contributed by atoms with Crippen LogP contribution in [0.2, 0.25) is 0 Å². The van der Waals surface area contributed by atoms with E-state index < -0.39 is 14.7 Å². The van der Waals surface area contributed by atoms with E-state index in [1.54, 1.807) is 0 Å². The molecule has 0 aromatic carbocycles. The summed E-state index contributed by atoms with van der Waals surface area (Å²) in [5.74, 6) is 0.522. The molecule has 0 aliphatic rings. The Morgan fingerprint density at radius 1 is 0.800 bits per heavy atom. The quantitative estimate of drug-likeness (QED) is 0.163. The maximum Gasteiger partial charge on any atom is 0.191 e. The van der Waals surface area contributed by atoms with E-state index in [4.69, 9.17) is 14.0 Å². The van der Waals surface area contributed by atoms with Crippen molar-refractivity contribution in [2.45, 2.75) is 107 Å². The molecule has 0 spiro atoms. The molecule has 6 nitrogen and oxygen atoms in total. The highest BCUT2D eigenvalue weighted by molar-refractivity contribution is 8.13. The van der Waals surface area contributed by atoms with Crippen LogP contribution in [0, 0.1) is 5.92 Å². The number of thioether (sulfide) groups is 1. The standard InChI is InChI=1S/C22H47N2O4PS/c1-12-26-21(15-30-22(25)16(2)3)27-13-14-28-29(23(17(4)5)18(6)7)24(19(8)9)20(10)11/h16-21H,12-15H2,1-11H3. The average molecular weight is 467 g/mol. The number of nitrogens with zero attached hydrogens (tertiary/aromatic N) is 2. The molecule has 0 N–H and O–H groups in total. The predicted molar refractivity (Wildman–Crippen MR) is 131 cm³/mol. The van der Waals surface area contributed by atoms with Crippen molar-refractivity contribution < 1.29 is 18.8 Å². The van der Waals surface area contributed by atoms with Gasteiger partial charge in [0.25, 0.3) is 0 Å². The zero-order valence-corrected chi connectivity index (χ0v) is 22.9. The smallest absolute Gasteiger partial charge is 0.191 e. The summed E-state index contributed by atoms with van der Waals surface area (Å²) in [6.45, 7) is 25.0. The van der Waals surface area contributed by atoms with E-state index in [9.17, 15) is 4.79 Å². The Morgan fingerprint density at radius 2 is 1.27 bits per heavy atom. The van der Waals surface area contributed by atoms with E-state index in [0.717, 1.165) is 0 Å². The van der Waals surface area contributed by atoms with Gasteiger partial charge in [0, 0.05) is 36.7 Å². The van der Waals surface area contributed by atoms with Gasteiger partial charge in [-0.2, -0.15) is 0 Å². The van der Waals surface area contributed by atoms with Crippen molar-refractivity contribution in [1.29, 1.82) is 0 Å². The Hall–Kier alpha value is 0.250. The predicted octanol–water partition coefficient (Wildman–Crippen LogP) is 5.76. The lowest BCUT2D eigenvalue weighted by atomic mass is 10.3. The number of carbonyl (C=O) groups is 1. The topological polar surface area (TPSA) is 51.2 Å². The molecule has 0 aliphatic carbocycles. The molecule has 30 heavy (non-hydrogen) atoms. The molecule has 0 aliphatic heterocycles. The molecule has 8 heteroatoms. The van der Waals surface area contributed by atoms with E-state index in [1.165, 1.54) is 11.8 Å². The van der Waals surface area contributed by atoms with Crippen LogP contribution in [0.3, 0.4) is 0 Å². The molecule has 0 aromatic rings. The third kappa shape index (κ3) is 11.2. The minimum Gasteiger partial charge on any atom is -0.352 e. The van der Waals surface area contributed by atoms with Crippen LogP contribution in [0.25, 0.3) is 0 Å². The number of hydrogen-bond donors (Lipinski definition) is 0. The van der Waals surface area contributed by atoms with Gasteiger partial charge in [0.05, 0.1) is 19.0 Å². The summed E-state index contributed by atoms with van der Waals surface area (Å²) in [6, 6.07) is 1.52. The number of rotatable bonds is 16. The van der Waals surface area contributed by atoms with Crippen molar-refractivity contribution in [2.24, 2.45) is 5.92 Å². The van der Waals surface area contributed by atoms with E-state index in [0.29, 0.717) is 49.7 Å². The van der Waals surface area contributed by atoms with Crippen LogP contribution in [0.5, 0.6) is 0 Å². The van der Waals surface area contributed by atoms with Gasteiger partial charge in [-0.25, -0.2) is 9.34 Å². The molecular formula is C22H47N2O4PS. The summed E-state index contributed by atoms with van der Waals surface area (Å²) < 4.78 is 23.0. The first-order valence-electron chi connectivity index (χ1n) is 11.3. The fourth-order valence-corrected chi connectivity index (χ4v) is 6.33. The second-order valence-electron chi connectivity index (χ2n) is 8.76. The van der Waals surface area contributed by atoms with Crippen LogP contribution in [0.1, 0.15) is 76.2 Å². The van der Waals surface area contributed by atoms with Crippen molar-refractivity contribution in [3.63, 3.8) is 0 Å². The molecule has 1 unspecified atom stereocenters. The zero-order chi connectivity index (χ0) is 23.4. The lowest BCUT2D eigenvalue weighted by Crippen LogP contribution is -2.43. The molecule has 0 rings (SSSR count). The van der Waals surface area contributed by atoms with Crippen LogP contribution in [0.15, 0.2) is 0 Å². The highest BCUT2D eigenvalue weighted by atomic mass is 32.2. The molecule has 0 heterocycles. The molecule has 0 fully saturated rings. The van der Waals surface area contributed by atoms with Gasteiger partial charge in [0.2, 0.25) is 0 Å². The zero-order valence-electron chi connectivity index (χ0n) is 21.2. The van der Waals surface area contributed by atoms with E-state index >= 15 is 0 Å². The summed E-state index contributed by atoms with van der Waals surface area (Å²) in [7, 11) is -0.924. The number of ether oxygens (including phenoxy) is 2. The van der Waals surface area contributed by atoms with Crippen molar-refractivity contribution in [3.8, 4) is 0 Å². The molecule has 1 atom stereocenters. The second kappa shape index (κ2) is 16.0. The first-order chi connectivity index (χ1) is 13.9. The summed E-state index contributed by atoms with van der Waals surface area (Å²) in [5.41, 5.74) is 0. The Balaban J connectivity index is 5.02. The molecule has 0 aromatic heterocycles. The second-order valence-corrected chi connectivity index (χ2v) is 11.5. The van der Waals surface area contributed by atoms with Gasteiger partial charge in [0.1, 0.15) is 0 Å². The maximum atomic E-state index is 11.9. The highest BCUT2D eigenvalue weighted by Crippen LogP contribution is 2.50. The fraction of sp³-hybridized carbons (Fsp3) is 0.955. The first-order valence-corrected chi connectivity index (χ1v) is 13.5. The Labute approximate surface area is 191 Å². The Morgan fingerprint density at radius 3 is 1.63 bits per heavy atom. The van der Waals surface area contributed by atoms with Gasteiger partial charge in [-0.15, -0.1) is 0 Å². The minimum absolute atomic E-state index is 0.0141. The van der Waals surface area contributed by atoms with E-state index in [2.05, 4.69) is 64.7 Å². The summed E-state index contributed by atoms with van der Waals surface area (Å²) in [6.07, 6.45) is -0.393. The van der Waals surface area contributed by atoms with Crippen molar-refractivity contribution in [2.75, 3.05) is 25.6 Å². The SMILES string of the molecule is CCOC(CSC(=O)C(C)C)OCCOP(N(C(C)C)C(C)C)N(C(C)C)C(C)C.